The van der Waals surface area contributed by atoms with Crippen LogP contribution in [0.15, 0.2) is 36.5 Å². The van der Waals surface area contributed by atoms with Crippen LogP contribution in [0.2, 0.25) is 0 Å². The molecule has 0 aromatic rings. The van der Waals surface area contributed by atoms with Gasteiger partial charge in [0.1, 0.15) is 17.3 Å². The van der Waals surface area contributed by atoms with Crippen LogP contribution in [0.3, 0.4) is 0 Å². The maximum Gasteiger partial charge on any atom is 3.00 e. The third-order valence-electron chi connectivity index (χ3n) is 13.7. The van der Waals surface area contributed by atoms with Crippen LogP contribution < -0.4 is 15.3 Å². The molecule has 0 aromatic carbocycles. The van der Waals surface area contributed by atoms with Gasteiger partial charge in [-0.2, -0.15) is 0 Å². The van der Waals surface area contributed by atoms with Gasteiger partial charge in [-0.15, -0.1) is 0 Å². The van der Waals surface area contributed by atoms with Crippen LogP contribution in [0.5, 0.6) is 0 Å². The van der Waals surface area contributed by atoms with Gasteiger partial charge in [0.2, 0.25) is 0 Å². The van der Waals surface area contributed by atoms with Crippen molar-refractivity contribution in [3.63, 3.8) is 0 Å². The first-order chi connectivity index (χ1) is 36.5. The monoisotopic (exact) mass is 1080 g/mol. The van der Waals surface area contributed by atoms with Crippen LogP contribution in [-0.4, -0.2) is 52.6 Å². The normalized spacial score (nSPS) is 11.1. The minimum absolute atomic E-state index is 0. The Labute approximate surface area is 479 Å². The van der Waals surface area contributed by atoms with Crippen molar-refractivity contribution in [3.8, 4) is 0 Å². The number of carboxylic acid groups (broad SMARTS) is 3. The zero-order valence-corrected chi connectivity index (χ0v) is 50.9. The molecule has 0 amide bonds. The predicted molar refractivity (Wildman–Crippen MR) is 316 cm³/mol. The number of hydrogen-bond acceptors (Lipinski definition) is 9. The van der Waals surface area contributed by atoms with E-state index in [2.05, 4.69) is 57.2 Å². The second-order valence-corrected chi connectivity index (χ2v) is 21.4. The van der Waals surface area contributed by atoms with E-state index < -0.39 is 37.2 Å². The van der Waals surface area contributed by atoms with Crippen molar-refractivity contribution >= 4 is 52.6 Å². The van der Waals surface area contributed by atoms with E-state index in [1.165, 1.54) is 231 Å². The first-order valence-corrected chi connectivity index (χ1v) is 31.6. The molecule has 0 saturated heterocycles. The molecule has 0 unspecified atom stereocenters. The summed E-state index contributed by atoms with van der Waals surface area (Å²) in [5.41, 5.74) is 0. The maximum atomic E-state index is 11.2. The van der Waals surface area contributed by atoms with Gasteiger partial charge < -0.3 is 29.7 Å². The molecule has 0 aromatic heterocycles. The fourth-order valence-corrected chi connectivity index (χ4v) is 8.99. The molecule has 0 N–H and O–H groups in total. The van der Waals surface area contributed by atoms with E-state index in [1.807, 2.05) is 0 Å². The molecule has 0 aliphatic carbocycles. The molecular formula is C66H117AlO9. The quantitative estimate of drug-likeness (QED) is 0.0249. The number of unbranched alkanes of at least 4 members (excludes halogenated alkanes) is 39. The summed E-state index contributed by atoms with van der Waals surface area (Å²) in [6.07, 6.45) is 70.0. The molecule has 0 radical (unpaired) electrons. The molecule has 0 fully saturated rings. The summed E-state index contributed by atoms with van der Waals surface area (Å²) < 4.78 is 0. The molecule has 0 atom stereocenters. The van der Waals surface area contributed by atoms with Crippen LogP contribution in [0.4, 0.5) is 0 Å². The third-order valence-corrected chi connectivity index (χ3v) is 13.7. The molecule has 438 valence electrons. The van der Waals surface area contributed by atoms with Crippen molar-refractivity contribution in [1.82, 2.24) is 0 Å². The summed E-state index contributed by atoms with van der Waals surface area (Å²) in [6.45, 7) is 6.77. The predicted octanol–water partition coefficient (Wildman–Crippen LogP) is 16.2. The van der Waals surface area contributed by atoms with Crippen LogP contribution in [-0.2, 0) is 28.8 Å². The first kappa shape index (κ1) is 79.7. The summed E-state index contributed by atoms with van der Waals surface area (Å²) in [6, 6.07) is 0. The Balaban J connectivity index is -0.000000508. The Bertz CT molecular complexity index is 1210. The Kier molecular flexibility index (Phi) is 73.6. The summed E-state index contributed by atoms with van der Waals surface area (Å²) in [5.74, 6) is -4.38. The SMILES string of the molecule is CCCCCCCC/C=C\CCCCCCCCCC(=O)CC(=O)[O-].CCCCCCCC/C=C\CCCCCCCCCC(=O)CC(=O)[O-].CCCCCCCC/C=C\CCCCCCCCCC(=O)CC(=O)[O-].[Al+3]. The molecular weight excluding hydrogens is 964 g/mol. The van der Waals surface area contributed by atoms with E-state index in [-0.39, 0.29) is 34.7 Å². The summed E-state index contributed by atoms with van der Waals surface area (Å²) in [4.78, 5) is 64.3. The summed E-state index contributed by atoms with van der Waals surface area (Å²) >= 11 is 0. The number of carbonyl (C=O) groups excluding carboxylic acids is 6. The van der Waals surface area contributed by atoms with Crippen molar-refractivity contribution in [1.29, 1.82) is 0 Å². The number of allylic oxidation sites excluding steroid dienone is 6. The Morgan fingerprint density at radius 2 is 0.382 bits per heavy atom. The van der Waals surface area contributed by atoms with Crippen LogP contribution in [0.25, 0.3) is 0 Å². The average molecular weight is 1080 g/mol. The minimum Gasteiger partial charge on any atom is -0.550 e. The van der Waals surface area contributed by atoms with Crippen LogP contribution >= 0.6 is 0 Å². The first-order valence-electron chi connectivity index (χ1n) is 31.6. The van der Waals surface area contributed by atoms with Gasteiger partial charge in [-0.05, 0) is 96.3 Å². The van der Waals surface area contributed by atoms with Crippen molar-refractivity contribution in [3.05, 3.63) is 36.5 Å². The van der Waals surface area contributed by atoms with Gasteiger partial charge in [0.05, 0.1) is 0 Å². The van der Waals surface area contributed by atoms with Gasteiger partial charge in [0, 0.05) is 56.4 Å². The van der Waals surface area contributed by atoms with E-state index in [0.717, 1.165) is 57.8 Å². The standard InChI is InChI=1S/3C22H40O3.Al/c3*1-2-3-4-5-6-7-8-9-10-11-12-13-14-15-16-17-18-19-21(23)20-22(24)25;/h3*9-10H,2-8,11-20H2,1H3,(H,24,25);/q;;;+3/p-3/b3*10-9-;. The fourth-order valence-electron chi connectivity index (χ4n) is 8.99. The minimum atomic E-state index is -1.26. The number of carbonyl (C=O) groups is 6. The number of ketones is 3. The molecule has 76 heavy (non-hydrogen) atoms. The van der Waals surface area contributed by atoms with E-state index >= 15 is 0 Å². The largest absolute Gasteiger partial charge is 3.00 e. The molecule has 9 nitrogen and oxygen atoms in total. The topological polar surface area (TPSA) is 172 Å². The second kappa shape index (κ2) is 70.2. The maximum absolute atomic E-state index is 11.2. The zero-order chi connectivity index (χ0) is 55.8. The number of rotatable bonds is 57. The Morgan fingerprint density at radius 1 is 0.237 bits per heavy atom. The summed E-state index contributed by atoms with van der Waals surface area (Å²) in [7, 11) is 0. The third kappa shape index (κ3) is 80.0. The van der Waals surface area contributed by atoms with Gasteiger partial charge in [0.15, 0.2) is 0 Å². The number of hydrogen-bond donors (Lipinski definition) is 0. The van der Waals surface area contributed by atoms with Gasteiger partial charge in [-0.3, -0.25) is 14.4 Å². The number of carboxylic acids is 3. The zero-order valence-electron chi connectivity index (χ0n) is 49.8. The number of Topliss-reactive ketones (excluding diaryl/α,β-unsaturated/α-hetero) is 3. The molecule has 0 aliphatic heterocycles. The smallest absolute Gasteiger partial charge is 0.550 e. The van der Waals surface area contributed by atoms with E-state index in [4.69, 9.17) is 0 Å². The van der Waals surface area contributed by atoms with Gasteiger partial charge >= 0.3 is 17.4 Å². The Morgan fingerprint density at radius 3 is 0.539 bits per heavy atom. The summed E-state index contributed by atoms with van der Waals surface area (Å²) in [5, 5.41) is 30.8. The van der Waals surface area contributed by atoms with E-state index in [9.17, 15) is 44.1 Å². The van der Waals surface area contributed by atoms with E-state index in [1.54, 1.807) is 0 Å². The van der Waals surface area contributed by atoms with Crippen LogP contribution in [0.1, 0.15) is 348 Å². The van der Waals surface area contributed by atoms with Crippen molar-refractivity contribution in [2.75, 3.05) is 0 Å². The molecule has 0 heterocycles. The van der Waals surface area contributed by atoms with Crippen molar-refractivity contribution < 1.29 is 44.1 Å². The molecule has 0 aliphatic rings. The fraction of sp³-hybridized carbons (Fsp3) is 0.818. The molecule has 0 rings (SSSR count). The van der Waals surface area contributed by atoms with Gasteiger partial charge in [-0.25, -0.2) is 0 Å². The van der Waals surface area contributed by atoms with Gasteiger partial charge in [-0.1, -0.05) is 250 Å². The number of aliphatic carboxylic acids is 3. The van der Waals surface area contributed by atoms with Crippen LogP contribution in [0, 0.1) is 0 Å². The van der Waals surface area contributed by atoms with Crippen molar-refractivity contribution in [2.45, 2.75) is 348 Å². The molecule has 0 spiro atoms. The van der Waals surface area contributed by atoms with Gasteiger partial charge in [0.25, 0.3) is 0 Å². The average Bonchev–Trinajstić information content (AvgIpc) is 3.36. The van der Waals surface area contributed by atoms with E-state index in [0.29, 0.717) is 19.3 Å². The molecule has 10 heteroatoms. The molecule has 0 saturated carbocycles. The molecule has 0 bridgehead atoms. The Hall–Kier alpha value is -2.83. The second-order valence-electron chi connectivity index (χ2n) is 21.4. The van der Waals surface area contributed by atoms with Crippen molar-refractivity contribution in [2.24, 2.45) is 0 Å².